The number of benzene rings is 2. The third-order valence-electron chi connectivity index (χ3n) is 6.87. The summed E-state index contributed by atoms with van der Waals surface area (Å²) < 4.78 is 11.7. The molecule has 2 atom stereocenters. The molecule has 0 N–H and O–H groups in total. The molecule has 2 bridgehead atoms. The Morgan fingerprint density at radius 1 is 1.06 bits per heavy atom. The summed E-state index contributed by atoms with van der Waals surface area (Å²) in [4.78, 5) is 23.2. The van der Waals surface area contributed by atoms with Crippen molar-refractivity contribution < 1.29 is 14.3 Å². The van der Waals surface area contributed by atoms with Crippen molar-refractivity contribution in [2.75, 3.05) is 19.8 Å². The molecule has 1 aromatic heterocycles. The van der Waals surface area contributed by atoms with Crippen LogP contribution in [0.1, 0.15) is 34.9 Å². The van der Waals surface area contributed by atoms with Gasteiger partial charge in [-0.25, -0.2) is 14.8 Å². The van der Waals surface area contributed by atoms with Gasteiger partial charge in [0.05, 0.1) is 25.3 Å². The van der Waals surface area contributed by atoms with Gasteiger partial charge in [-0.3, -0.25) is 4.90 Å². The number of nitrogens with zero attached hydrogens (tertiary/aromatic N) is 4. The number of aromatic nitrogens is 2. The Hall–Kier alpha value is -4.02. The summed E-state index contributed by atoms with van der Waals surface area (Å²) in [7, 11) is 0. The number of rotatable bonds is 3. The molecule has 2 unspecified atom stereocenters. The maximum absolute atomic E-state index is 13.3. The first-order valence-corrected chi connectivity index (χ1v) is 11.4. The van der Waals surface area contributed by atoms with Gasteiger partial charge in [0.2, 0.25) is 5.82 Å². The number of ether oxygens (including phenoxy) is 2. The largest absolute Gasteiger partial charge is 0.448 e. The van der Waals surface area contributed by atoms with Gasteiger partial charge in [-0.2, -0.15) is 5.26 Å². The van der Waals surface area contributed by atoms with E-state index in [1.807, 2.05) is 41.3 Å². The van der Waals surface area contributed by atoms with Crippen LogP contribution in [0.15, 0.2) is 67.0 Å². The van der Waals surface area contributed by atoms with Crippen LogP contribution in [0.25, 0.3) is 16.7 Å². The Morgan fingerprint density at radius 2 is 1.74 bits per heavy atom. The highest BCUT2D eigenvalue weighted by molar-refractivity contribution is 5.79. The van der Waals surface area contributed by atoms with E-state index < -0.39 is 0 Å². The van der Waals surface area contributed by atoms with Gasteiger partial charge in [-0.1, -0.05) is 54.6 Å². The van der Waals surface area contributed by atoms with Gasteiger partial charge >= 0.3 is 6.09 Å². The Morgan fingerprint density at radius 3 is 2.38 bits per heavy atom. The normalized spacial score (nSPS) is 20.7. The van der Waals surface area contributed by atoms with Gasteiger partial charge in [0, 0.05) is 23.9 Å². The van der Waals surface area contributed by atoms with Crippen molar-refractivity contribution in [3.05, 3.63) is 89.5 Å². The van der Waals surface area contributed by atoms with E-state index in [4.69, 9.17) is 14.7 Å². The molecule has 3 aromatic rings. The van der Waals surface area contributed by atoms with E-state index in [-0.39, 0.29) is 29.9 Å². The fourth-order valence-electron chi connectivity index (χ4n) is 5.31. The third-order valence-corrected chi connectivity index (χ3v) is 6.87. The number of morpholine rings is 1. The van der Waals surface area contributed by atoms with Crippen molar-refractivity contribution in [1.29, 1.82) is 5.26 Å². The highest BCUT2D eigenvalue weighted by Gasteiger charge is 2.40. The van der Waals surface area contributed by atoms with Gasteiger partial charge in [0.1, 0.15) is 12.7 Å². The van der Waals surface area contributed by atoms with E-state index in [0.29, 0.717) is 26.2 Å². The fraction of sp³-hybridized carbons (Fsp3) is 0.259. The lowest BCUT2D eigenvalue weighted by Crippen LogP contribution is -2.56. The van der Waals surface area contributed by atoms with E-state index in [1.54, 1.807) is 12.4 Å². The second-order valence-corrected chi connectivity index (χ2v) is 8.77. The number of carbonyl (C=O) groups excluding carboxylic acids is 1. The zero-order valence-electron chi connectivity index (χ0n) is 18.4. The molecule has 6 rings (SSSR count). The predicted octanol–water partition coefficient (Wildman–Crippen LogP) is 4.15. The summed E-state index contributed by atoms with van der Waals surface area (Å²) in [5, 5.41) is 8.94. The summed E-state index contributed by atoms with van der Waals surface area (Å²) in [6, 6.07) is 18.2. The van der Waals surface area contributed by atoms with E-state index >= 15 is 0 Å². The number of hydrogen-bond acceptors (Lipinski definition) is 6. The van der Waals surface area contributed by atoms with Crippen LogP contribution in [0.5, 0.6) is 0 Å². The number of amides is 1. The van der Waals surface area contributed by atoms with E-state index in [1.165, 1.54) is 22.3 Å². The first-order chi connectivity index (χ1) is 16.7. The van der Waals surface area contributed by atoms with Crippen LogP contribution in [0.4, 0.5) is 4.79 Å². The molecule has 3 aliphatic rings. The SMILES string of the molecule is N#Cc1ncc(C2=CC3COCC(C2)N3C(=O)OCC2c3ccccc3-c3ccccc32)cn1. The van der Waals surface area contributed by atoms with Gasteiger partial charge in [0.25, 0.3) is 0 Å². The highest BCUT2D eigenvalue weighted by Crippen LogP contribution is 2.44. The molecule has 1 fully saturated rings. The van der Waals surface area contributed by atoms with Crippen LogP contribution in [0.2, 0.25) is 0 Å². The van der Waals surface area contributed by atoms with Crippen molar-refractivity contribution in [3.8, 4) is 17.2 Å². The molecular formula is C27H22N4O3. The van der Waals surface area contributed by atoms with Gasteiger partial charge in [-0.15, -0.1) is 0 Å². The summed E-state index contributed by atoms with van der Waals surface area (Å²) >= 11 is 0. The summed E-state index contributed by atoms with van der Waals surface area (Å²) in [5.41, 5.74) is 6.73. The van der Waals surface area contributed by atoms with E-state index in [9.17, 15) is 4.79 Å². The maximum Gasteiger partial charge on any atom is 0.410 e. The molecule has 3 heterocycles. The lowest BCUT2D eigenvalue weighted by molar-refractivity contribution is -0.0331. The Balaban J connectivity index is 1.21. The van der Waals surface area contributed by atoms with Gasteiger partial charge in [-0.05, 0) is 34.2 Å². The lowest BCUT2D eigenvalue weighted by atomic mass is 9.91. The topological polar surface area (TPSA) is 88.3 Å². The second kappa shape index (κ2) is 8.40. The van der Waals surface area contributed by atoms with Crippen LogP contribution in [-0.4, -0.2) is 52.9 Å². The quantitative estimate of drug-likeness (QED) is 0.596. The van der Waals surface area contributed by atoms with Crippen LogP contribution >= 0.6 is 0 Å². The minimum absolute atomic E-state index is 0.0270. The highest BCUT2D eigenvalue weighted by atomic mass is 16.6. The minimum Gasteiger partial charge on any atom is -0.448 e. The molecule has 1 aliphatic carbocycles. The van der Waals surface area contributed by atoms with E-state index in [2.05, 4.69) is 34.2 Å². The molecule has 0 saturated carbocycles. The summed E-state index contributed by atoms with van der Waals surface area (Å²) in [6.07, 6.45) is 5.66. The predicted molar refractivity (Wildman–Crippen MR) is 125 cm³/mol. The van der Waals surface area contributed by atoms with Gasteiger partial charge in [0.15, 0.2) is 0 Å². The summed E-state index contributed by atoms with van der Waals surface area (Å²) in [6.45, 7) is 1.17. The zero-order valence-corrected chi connectivity index (χ0v) is 18.4. The maximum atomic E-state index is 13.3. The molecule has 1 saturated heterocycles. The monoisotopic (exact) mass is 450 g/mol. The first kappa shape index (κ1) is 20.6. The van der Waals surface area contributed by atoms with Crippen molar-refractivity contribution in [3.63, 3.8) is 0 Å². The Bertz CT molecular complexity index is 1280. The lowest BCUT2D eigenvalue weighted by Gasteiger charge is -2.43. The second-order valence-electron chi connectivity index (χ2n) is 8.77. The number of nitriles is 1. The van der Waals surface area contributed by atoms with Crippen molar-refractivity contribution in [1.82, 2.24) is 14.9 Å². The molecule has 0 spiro atoms. The molecule has 7 heteroatoms. The molecular weight excluding hydrogens is 428 g/mol. The van der Waals surface area contributed by atoms with Crippen LogP contribution in [0, 0.1) is 11.3 Å². The smallest absolute Gasteiger partial charge is 0.410 e. The van der Waals surface area contributed by atoms with Gasteiger partial charge < -0.3 is 9.47 Å². The molecule has 2 aliphatic heterocycles. The Labute approximate surface area is 197 Å². The molecule has 2 aromatic carbocycles. The van der Waals surface area contributed by atoms with Crippen LogP contribution in [0.3, 0.4) is 0 Å². The standard InChI is InChI=1S/C27H22N4O3/c28-11-26-29-12-18(13-30-26)17-9-19-14-33-15-20(10-17)31(19)27(32)34-16-25-23-7-3-1-5-21(23)22-6-2-4-8-24(22)25/h1-9,12-13,19-20,25H,10,14-16H2. The first-order valence-electron chi connectivity index (χ1n) is 11.4. The molecule has 7 nitrogen and oxygen atoms in total. The molecule has 34 heavy (non-hydrogen) atoms. The summed E-state index contributed by atoms with van der Waals surface area (Å²) in [5.74, 6) is 0.170. The molecule has 168 valence electrons. The number of carbonyl (C=O) groups is 1. The van der Waals surface area contributed by atoms with E-state index in [0.717, 1.165) is 11.1 Å². The zero-order chi connectivity index (χ0) is 23.1. The van der Waals surface area contributed by atoms with Crippen molar-refractivity contribution >= 4 is 11.7 Å². The minimum atomic E-state index is -0.313. The number of hydrogen-bond donors (Lipinski definition) is 0. The third kappa shape index (κ3) is 3.44. The fourth-order valence-corrected chi connectivity index (χ4v) is 5.31. The van der Waals surface area contributed by atoms with Crippen LogP contribution < -0.4 is 0 Å². The molecule has 0 radical (unpaired) electrons. The van der Waals surface area contributed by atoms with Crippen molar-refractivity contribution in [2.45, 2.75) is 24.4 Å². The average Bonchev–Trinajstić information content (AvgIpc) is 3.20. The number of fused-ring (bicyclic) bond motifs is 5. The Kier molecular flexibility index (Phi) is 5.08. The van der Waals surface area contributed by atoms with Crippen molar-refractivity contribution in [2.24, 2.45) is 0 Å². The molecule has 1 amide bonds. The average molecular weight is 450 g/mol. The van der Waals surface area contributed by atoms with Crippen LogP contribution in [-0.2, 0) is 9.47 Å².